The number of aromatic nitrogens is 2. The minimum absolute atomic E-state index is 0.0881. The van der Waals surface area contributed by atoms with Crippen LogP contribution in [0.2, 0.25) is 0 Å². The Morgan fingerprint density at radius 1 is 1.12 bits per heavy atom. The van der Waals surface area contributed by atoms with Crippen LogP contribution < -0.4 is 5.32 Å². The van der Waals surface area contributed by atoms with Gasteiger partial charge in [-0.25, -0.2) is 9.97 Å². The molecule has 218 valence electrons. The van der Waals surface area contributed by atoms with Crippen LogP contribution >= 0.6 is 0 Å². The van der Waals surface area contributed by atoms with Crippen molar-refractivity contribution in [2.45, 2.75) is 92.4 Å². The lowest BCUT2D eigenvalue weighted by atomic mass is 9.68. The minimum atomic E-state index is -0.0881. The van der Waals surface area contributed by atoms with Crippen LogP contribution in [0.4, 0.5) is 11.5 Å². The molecule has 1 amide bonds. The van der Waals surface area contributed by atoms with E-state index in [0.29, 0.717) is 23.3 Å². The lowest BCUT2D eigenvalue weighted by Crippen LogP contribution is -2.29. The molecular formula is C35H46N4O2. The van der Waals surface area contributed by atoms with E-state index >= 15 is 0 Å². The molecule has 0 spiro atoms. The number of rotatable bonds is 11. The Balaban J connectivity index is 1.70. The van der Waals surface area contributed by atoms with Gasteiger partial charge in [0.05, 0.1) is 24.0 Å². The van der Waals surface area contributed by atoms with E-state index in [-0.39, 0.29) is 17.7 Å². The van der Waals surface area contributed by atoms with Gasteiger partial charge >= 0.3 is 0 Å². The molecule has 0 aliphatic heterocycles. The standard InChI is InChI=1S/C35H46N4O2/c1-6-24(3)20-35(17-16-27(7-2)18-26(5)21-35)22-31-34(38-33(40)19-28-10-8-25(4)9-11-28)36-23-32(37-31)29-12-14-30(39-41)15-13-29/h8-15,23-24,26-27H,6-7,16-22H2,1-5H3,(H,36,38,40). The quantitative estimate of drug-likeness (QED) is 0.189. The fourth-order valence-corrected chi connectivity index (χ4v) is 6.70. The summed E-state index contributed by atoms with van der Waals surface area (Å²) >= 11 is 0. The number of nitroso groups, excluding NO2 is 1. The molecule has 6 nitrogen and oxygen atoms in total. The van der Waals surface area contributed by atoms with E-state index in [1.807, 2.05) is 43.3 Å². The number of hydrogen-bond acceptors (Lipinski definition) is 5. The average molecular weight is 555 g/mol. The largest absolute Gasteiger partial charge is 0.309 e. The second-order valence-corrected chi connectivity index (χ2v) is 12.7. The molecule has 4 atom stereocenters. The second kappa shape index (κ2) is 14.0. The first-order valence-corrected chi connectivity index (χ1v) is 15.4. The maximum absolute atomic E-state index is 13.2. The van der Waals surface area contributed by atoms with Gasteiger partial charge in [-0.1, -0.05) is 82.5 Å². The Bertz CT molecular complexity index is 1300. The summed E-state index contributed by atoms with van der Waals surface area (Å²) in [4.78, 5) is 34.1. The predicted molar refractivity (Wildman–Crippen MR) is 168 cm³/mol. The third kappa shape index (κ3) is 8.31. The van der Waals surface area contributed by atoms with E-state index in [4.69, 9.17) is 9.97 Å². The van der Waals surface area contributed by atoms with E-state index in [9.17, 15) is 9.70 Å². The number of hydrogen-bond donors (Lipinski definition) is 1. The van der Waals surface area contributed by atoms with E-state index in [0.717, 1.165) is 54.1 Å². The molecule has 0 saturated heterocycles. The van der Waals surface area contributed by atoms with Crippen molar-refractivity contribution in [1.82, 2.24) is 9.97 Å². The van der Waals surface area contributed by atoms with Crippen LogP contribution in [0.15, 0.2) is 59.9 Å². The summed E-state index contributed by atoms with van der Waals surface area (Å²) in [6, 6.07) is 15.2. The number of benzene rings is 2. The third-order valence-corrected chi connectivity index (χ3v) is 9.05. The van der Waals surface area contributed by atoms with Gasteiger partial charge in [-0.15, -0.1) is 4.91 Å². The van der Waals surface area contributed by atoms with Crippen LogP contribution in [-0.4, -0.2) is 15.9 Å². The van der Waals surface area contributed by atoms with Crippen LogP contribution in [0, 0.1) is 35.0 Å². The Morgan fingerprint density at radius 3 is 2.51 bits per heavy atom. The van der Waals surface area contributed by atoms with Gasteiger partial charge in [0.25, 0.3) is 0 Å². The van der Waals surface area contributed by atoms with Crippen molar-refractivity contribution in [3.05, 3.63) is 76.5 Å². The van der Waals surface area contributed by atoms with Gasteiger partial charge in [-0.05, 0) is 91.5 Å². The molecule has 0 bridgehead atoms. The molecule has 1 aliphatic carbocycles. The van der Waals surface area contributed by atoms with Gasteiger partial charge in [0.1, 0.15) is 5.69 Å². The van der Waals surface area contributed by atoms with Crippen molar-refractivity contribution in [2.24, 2.45) is 28.3 Å². The van der Waals surface area contributed by atoms with E-state index in [1.165, 1.54) is 31.2 Å². The first kappa shape index (κ1) is 30.5. The summed E-state index contributed by atoms with van der Waals surface area (Å²) in [5.74, 6) is 2.49. The van der Waals surface area contributed by atoms with Gasteiger partial charge in [0, 0.05) is 5.56 Å². The Kier molecular flexibility index (Phi) is 10.4. The van der Waals surface area contributed by atoms with Crippen LogP contribution in [0.25, 0.3) is 11.3 Å². The summed E-state index contributed by atoms with van der Waals surface area (Å²) in [6.45, 7) is 11.4. The van der Waals surface area contributed by atoms with Crippen LogP contribution in [0.3, 0.4) is 0 Å². The molecule has 4 unspecified atom stereocenters. The second-order valence-electron chi connectivity index (χ2n) is 12.7. The fraction of sp³-hybridized carbons (Fsp3) is 0.514. The van der Waals surface area contributed by atoms with Gasteiger partial charge < -0.3 is 5.32 Å². The van der Waals surface area contributed by atoms with Crippen molar-refractivity contribution < 1.29 is 4.79 Å². The Hall–Kier alpha value is -3.41. The highest BCUT2D eigenvalue weighted by molar-refractivity contribution is 5.92. The van der Waals surface area contributed by atoms with Gasteiger partial charge in [-0.2, -0.15) is 0 Å². The first-order chi connectivity index (χ1) is 19.7. The summed E-state index contributed by atoms with van der Waals surface area (Å²) < 4.78 is 0. The number of anilines is 1. The van der Waals surface area contributed by atoms with E-state index in [2.05, 4.69) is 38.2 Å². The molecule has 1 N–H and O–H groups in total. The summed E-state index contributed by atoms with van der Waals surface area (Å²) in [5.41, 5.74) is 5.09. The molecule has 6 heteroatoms. The number of amides is 1. The molecule has 2 aromatic carbocycles. The number of aryl methyl sites for hydroxylation is 1. The van der Waals surface area contributed by atoms with Gasteiger partial charge in [0.15, 0.2) is 5.82 Å². The predicted octanol–water partition coefficient (Wildman–Crippen LogP) is 9.23. The minimum Gasteiger partial charge on any atom is -0.309 e. The molecule has 1 saturated carbocycles. The summed E-state index contributed by atoms with van der Waals surface area (Å²) in [5, 5.41) is 6.15. The van der Waals surface area contributed by atoms with Gasteiger partial charge in [-0.3, -0.25) is 4.79 Å². The monoisotopic (exact) mass is 554 g/mol. The highest BCUT2D eigenvalue weighted by Gasteiger charge is 2.38. The zero-order valence-corrected chi connectivity index (χ0v) is 25.5. The molecule has 1 aliphatic rings. The Morgan fingerprint density at radius 2 is 1.85 bits per heavy atom. The molecule has 0 radical (unpaired) electrons. The number of nitrogens with zero attached hydrogens (tertiary/aromatic N) is 3. The van der Waals surface area contributed by atoms with Crippen molar-refractivity contribution in [3.63, 3.8) is 0 Å². The highest BCUT2D eigenvalue weighted by Crippen LogP contribution is 2.47. The molecule has 1 fully saturated rings. The fourth-order valence-electron chi connectivity index (χ4n) is 6.70. The van der Waals surface area contributed by atoms with E-state index in [1.54, 1.807) is 18.3 Å². The first-order valence-electron chi connectivity index (χ1n) is 15.4. The zero-order chi connectivity index (χ0) is 29.4. The van der Waals surface area contributed by atoms with Gasteiger partial charge in [0.2, 0.25) is 5.91 Å². The molecule has 41 heavy (non-hydrogen) atoms. The average Bonchev–Trinajstić information content (AvgIpc) is 3.12. The van der Waals surface area contributed by atoms with E-state index < -0.39 is 0 Å². The number of carbonyl (C=O) groups excluding carboxylic acids is 1. The third-order valence-electron chi connectivity index (χ3n) is 9.05. The maximum atomic E-state index is 13.2. The summed E-state index contributed by atoms with van der Waals surface area (Å²) in [6.07, 6.45) is 11.2. The lowest BCUT2D eigenvalue weighted by Gasteiger charge is -2.37. The SMILES string of the molecule is CCC(C)CC1(Cc2nc(-c3ccc(N=O)cc3)cnc2NC(=O)Cc2ccc(C)cc2)CCC(CC)CC(C)C1. The lowest BCUT2D eigenvalue weighted by molar-refractivity contribution is -0.115. The molecule has 4 rings (SSSR count). The normalized spacial score (nSPS) is 21.6. The van der Waals surface area contributed by atoms with Crippen molar-refractivity contribution in [1.29, 1.82) is 0 Å². The molecule has 3 aromatic rings. The zero-order valence-electron chi connectivity index (χ0n) is 25.5. The highest BCUT2D eigenvalue weighted by atomic mass is 16.3. The topological polar surface area (TPSA) is 84.3 Å². The van der Waals surface area contributed by atoms with Crippen molar-refractivity contribution in [3.8, 4) is 11.3 Å². The van der Waals surface area contributed by atoms with Crippen molar-refractivity contribution >= 4 is 17.4 Å². The Labute approximate surface area is 245 Å². The van der Waals surface area contributed by atoms with Crippen LogP contribution in [0.5, 0.6) is 0 Å². The molecule has 1 aromatic heterocycles. The molecule has 1 heterocycles. The number of nitrogens with one attached hydrogen (secondary N) is 1. The smallest absolute Gasteiger partial charge is 0.229 e. The van der Waals surface area contributed by atoms with Crippen LogP contribution in [-0.2, 0) is 17.6 Å². The van der Waals surface area contributed by atoms with Crippen LogP contribution in [0.1, 0.15) is 89.5 Å². The molecular weight excluding hydrogens is 508 g/mol. The maximum Gasteiger partial charge on any atom is 0.229 e. The summed E-state index contributed by atoms with van der Waals surface area (Å²) in [7, 11) is 0. The van der Waals surface area contributed by atoms with Crippen molar-refractivity contribution in [2.75, 3.05) is 5.32 Å². The number of carbonyl (C=O) groups is 1.